The summed E-state index contributed by atoms with van der Waals surface area (Å²) in [5.74, 6) is -0.0896. The average molecular weight is 305 g/mol. The molecule has 3 aromatic heterocycles. The van der Waals surface area contributed by atoms with E-state index >= 15 is 0 Å². The Balaban J connectivity index is 2.04. The molecule has 0 aliphatic heterocycles. The number of hydrogen-bond donors (Lipinski definition) is 1. The first kappa shape index (κ1) is 13.4. The summed E-state index contributed by atoms with van der Waals surface area (Å²) in [4.78, 5) is 8.24. The molecule has 0 amide bonds. The van der Waals surface area contributed by atoms with Gasteiger partial charge in [0.2, 0.25) is 5.95 Å². The van der Waals surface area contributed by atoms with E-state index in [1.807, 2.05) is 24.4 Å². The molecule has 0 aliphatic rings. The zero-order chi connectivity index (χ0) is 15.8. The third kappa shape index (κ3) is 2.30. The van der Waals surface area contributed by atoms with E-state index in [1.165, 1.54) is 12.1 Å². The highest BCUT2D eigenvalue weighted by atomic mass is 19.1. The van der Waals surface area contributed by atoms with Crippen LogP contribution >= 0.6 is 0 Å². The number of benzene rings is 1. The van der Waals surface area contributed by atoms with Crippen molar-refractivity contribution in [2.75, 3.05) is 5.73 Å². The SMILES string of the molecule is Nc1nccc(-c2c(-c3ccc(F)cc3)nn3ccccc23)n1. The number of halogens is 1. The molecule has 6 heteroatoms. The fourth-order valence-corrected chi connectivity index (χ4v) is 2.57. The van der Waals surface area contributed by atoms with Gasteiger partial charge in [0.25, 0.3) is 0 Å². The molecule has 5 nitrogen and oxygen atoms in total. The molecular formula is C17H12FN5. The van der Waals surface area contributed by atoms with Gasteiger partial charge in [0, 0.05) is 18.0 Å². The van der Waals surface area contributed by atoms with Crippen LogP contribution in [0.1, 0.15) is 0 Å². The number of nitrogens with zero attached hydrogens (tertiary/aromatic N) is 4. The summed E-state index contributed by atoms with van der Waals surface area (Å²) >= 11 is 0. The van der Waals surface area contributed by atoms with Crippen molar-refractivity contribution in [3.05, 3.63) is 66.7 Å². The van der Waals surface area contributed by atoms with Crippen molar-refractivity contribution in [3.8, 4) is 22.5 Å². The van der Waals surface area contributed by atoms with Crippen LogP contribution in [-0.2, 0) is 0 Å². The standard InChI is InChI=1S/C17H12FN5/c18-12-6-4-11(5-7-12)16-15(13-8-9-20-17(19)21-13)14-3-1-2-10-23(14)22-16/h1-10H,(H2,19,20,21). The van der Waals surface area contributed by atoms with E-state index in [1.54, 1.807) is 28.9 Å². The summed E-state index contributed by atoms with van der Waals surface area (Å²) in [5.41, 5.74) is 9.65. The minimum absolute atomic E-state index is 0.197. The second-order valence-corrected chi connectivity index (χ2v) is 5.06. The van der Waals surface area contributed by atoms with Gasteiger partial charge < -0.3 is 5.73 Å². The minimum atomic E-state index is -0.287. The number of rotatable bonds is 2. The second kappa shape index (κ2) is 5.17. The monoisotopic (exact) mass is 305 g/mol. The molecule has 0 spiro atoms. The molecule has 112 valence electrons. The molecule has 4 rings (SSSR count). The molecule has 0 saturated carbocycles. The molecule has 1 aromatic carbocycles. The van der Waals surface area contributed by atoms with Crippen LogP contribution in [0.25, 0.3) is 28.0 Å². The van der Waals surface area contributed by atoms with Crippen LogP contribution in [0, 0.1) is 5.82 Å². The van der Waals surface area contributed by atoms with Gasteiger partial charge in [-0.25, -0.2) is 18.9 Å². The first-order chi connectivity index (χ1) is 11.2. The fourth-order valence-electron chi connectivity index (χ4n) is 2.57. The quantitative estimate of drug-likeness (QED) is 0.617. The normalized spacial score (nSPS) is 11.0. The van der Waals surface area contributed by atoms with E-state index in [9.17, 15) is 4.39 Å². The Bertz CT molecular complexity index is 991. The van der Waals surface area contributed by atoms with Gasteiger partial charge in [0.05, 0.1) is 16.8 Å². The van der Waals surface area contributed by atoms with Gasteiger partial charge in [-0.1, -0.05) is 6.07 Å². The van der Waals surface area contributed by atoms with Crippen LogP contribution in [0.4, 0.5) is 10.3 Å². The first-order valence-corrected chi connectivity index (χ1v) is 7.04. The van der Waals surface area contributed by atoms with E-state index in [4.69, 9.17) is 5.73 Å². The summed E-state index contributed by atoms with van der Waals surface area (Å²) in [6, 6.07) is 13.8. The molecule has 0 fully saturated rings. The maximum absolute atomic E-state index is 13.2. The average Bonchev–Trinajstić information content (AvgIpc) is 2.95. The molecule has 0 aliphatic carbocycles. The minimum Gasteiger partial charge on any atom is -0.368 e. The van der Waals surface area contributed by atoms with E-state index in [-0.39, 0.29) is 11.8 Å². The molecule has 23 heavy (non-hydrogen) atoms. The lowest BCUT2D eigenvalue weighted by atomic mass is 10.0. The molecule has 4 aromatic rings. The van der Waals surface area contributed by atoms with Crippen LogP contribution < -0.4 is 5.73 Å². The van der Waals surface area contributed by atoms with Crippen LogP contribution in [0.2, 0.25) is 0 Å². The molecule has 0 atom stereocenters. The maximum Gasteiger partial charge on any atom is 0.220 e. The largest absolute Gasteiger partial charge is 0.368 e. The number of anilines is 1. The highest BCUT2D eigenvalue weighted by molar-refractivity contribution is 5.90. The number of nitrogens with two attached hydrogens (primary N) is 1. The third-order valence-corrected chi connectivity index (χ3v) is 3.59. The van der Waals surface area contributed by atoms with Gasteiger partial charge >= 0.3 is 0 Å². The lowest BCUT2D eigenvalue weighted by Gasteiger charge is -2.03. The van der Waals surface area contributed by atoms with Crippen LogP contribution in [-0.4, -0.2) is 19.6 Å². The molecule has 0 saturated heterocycles. The third-order valence-electron chi connectivity index (χ3n) is 3.59. The van der Waals surface area contributed by atoms with Gasteiger partial charge in [-0.2, -0.15) is 5.10 Å². The van der Waals surface area contributed by atoms with Crippen LogP contribution in [0.15, 0.2) is 60.9 Å². The Labute approximate surface area is 131 Å². The van der Waals surface area contributed by atoms with Crippen LogP contribution in [0.5, 0.6) is 0 Å². The Morgan fingerprint density at radius 1 is 1.00 bits per heavy atom. The highest BCUT2D eigenvalue weighted by Crippen LogP contribution is 2.34. The van der Waals surface area contributed by atoms with E-state index < -0.39 is 0 Å². The zero-order valence-corrected chi connectivity index (χ0v) is 12.0. The van der Waals surface area contributed by atoms with Crippen molar-refractivity contribution in [1.29, 1.82) is 0 Å². The summed E-state index contributed by atoms with van der Waals surface area (Å²) in [7, 11) is 0. The molecule has 0 radical (unpaired) electrons. The number of aromatic nitrogens is 4. The number of hydrogen-bond acceptors (Lipinski definition) is 4. The van der Waals surface area contributed by atoms with Crippen molar-refractivity contribution < 1.29 is 4.39 Å². The Morgan fingerprint density at radius 2 is 1.83 bits per heavy atom. The molecule has 2 N–H and O–H groups in total. The summed E-state index contributed by atoms with van der Waals surface area (Å²) < 4.78 is 15.0. The van der Waals surface area contributed by atoms with Gasteiger partial charge in [0.1, 0.15) is 11.5 Å². The predicted octanol–water partition coefficient (Wildman–Crippen LogP) is 3.18. The topological polar surface area (TPSA) is 69.1 Å². The van der Waals surface area contributed by atoms with Gasteiger partial charge in [-0.3, -0.25) is 0 Å². The van der Waals surface area contributed by atoms with Crippen molar-refractivity contribution in [2.24, 2.45) is 0 Å². The van der Waals surface area contributed by atoms with Crippen molar-refractivity contribution in [2.45, 2.75) is 0 Å². The first-order valence-electron chi connectivity index (χ1n) is 7.04. The smallest absolute Gasteiger partial charge is 0.220 e. The summed E-state index contributed by atoms with van der Waals surface area (Å²) in [6.07, 6.45) is 3.47. The van der Waals surface area contributed by atoms with E-state index in [0.717, 1.165) is 16.6 Å². The Hall–Kier alpha value is -3.28. The zero-order valence-electron chi connectivity index (χ0n) is 12.0. The number of nitrogen functional groups attached to an aromatic ring is 1. The highest BCUT2D eigenvalue weighted by Gasteiger charge is 2.17. The van der Waals surface area contributed by atoms with Gasteiger partial charge in [-0.05, 0) is 42.5 Å². The van der Waals surface area contributed by atoms with Crippen molar-refractivity contribution >= 4 is 11.5 Å². The summed E-state index contributed by atoms with van der Waals surface area (Å²) in [6.45, 7) is 0. The fraction of sp³-hybridized carbons (Fsp3) is 0. The lowest BCUT2D eigenvalue weighted by molar-refractivity contribution is 0.628. The molecular weight excluding hydrogens is 293 g/mol. The number of pyridine rings is 1. The van der Waals surface area contributed by atoms with Crippen LogP contribution in [0.3, 0.4) is 0 Å². The summed E-state index contributed by atoms with van der Waals surface area (Å²) in [5, 5.41) is 4.61. The van der Waals surface area contributed by atoms with E-state index in [0.29, 0.717) is 11.4 Å². The Kier molecular flexibility index (Phi) is 3.01. The van der Waals surface area contributed by atoms with Gasteiger partial charge in [-0.15, -0.1) is 0 Å². The molecule has 0 bridgehead atoms. The number of fused-ring (bicyclic) bond motifs is 1. The lowest BCUT2D eigenvalue weighted by Crippen LogP contribution is -1.95. The maximum atomic E-state index is 13.2. The van der Waals surface area contributed by atoms with Crippen molar-refractivity contribution in [3.63, 3.8) is 0 Å². The molecule has 0 unspecified atom stereocenters. The predicted molar refractivity (Wildman–Crippen MR) is 86.0 cm³/mol. The van der Waals surface area contributed by atoms with Gasteiger partial charge in [0.15, 0.2) is 0 Å². The molecule has 3 heterocycles. The van der Waals surface area contributed by atoms with E-state index in [2.05, 4.69) is 15.1 Å². The second-order valence-electron chi connectivity index (χ2n) is 5.06. The Morgan fingerprint density at radius 3 is 2.61 bits per heavy atom. The van der Waals surface area contributed by atoms with Crippen molar-refractivity contribution in [1.82, 2.24) is 19.6 Å².